The van der Waals surface area contributed by atoms with Crippen molar-refractivity contribution in [2.45, 2.75) is 49.2 Å². The summed E-state index contributed by atoms with van der Waals surface area (Å²) in [4.78, 5) is 40.2. The van der Waals surface area contributed by atoms with Crippen molar-refractivity contribution in [2.24, 2.45) is 0 Å². The largest absolute Gasteiger partial charge is 0.496 e. The Morgan fingerprint density at radius 1 is 1.41 bits per heavy atom. The van der Waals surface area contributed by atoms with E-state index in [0.717, 1.165) is 4.90 Å². The van der Waals surface area contributed by atoms with Gasteiger partial charge in [0, 0.05) is 17.5 Å². The highest BCUT2D eigenvalue weighted by atomic mass is 32.2. The first-order chi connectivity index (χ1) is 13.0. The van der Waals surface area contributed by atoms with Crippen LogP contribution >= 0.6 is 11.8 Å². The number of benzene rings is 1. The average Bonchev–Trinajstić information content (AvgIpc) is 2.69. The number of rotatable bonds is 5. The molecule has 8 heteroatoms. The predicted molar refractivity (Wildman–Crippen MR) is 103 cm³/mol. The Labute approximate surface area is 163 Å². The van der Waals surface area contributed by atoms with Gasteiger partial charge in [0.2, 0.25) is 11.8 Å². The van der Waals surface area contributed by atoms with Crippen LogP contribution in [0.5, 0.6) is 5.75 Å². The second-order valence-electron chi connectivity index (χ2n) is 6.78. The smallest absolute Gasteiger partial charge is 0.255 e. The molecule has 0 unspecified atom stereocenters. The van der Waals surface area contributed by atoms with Gasteiger partial charge in [-0.3, -0.25) is 14.4 Å². The molecule has 0 aromatic heterocycles. The van der Waals surface area contributed by atoms with Crippen LogP contribution in [0.3, 0.4) is 0 Å². The van der Waals surface area contributed by atoms with Crippen molar-refractivity contribution >= 4 is 29.5 Å². The van der Waals surface area contributed by atoms with Crippen molar-refractivity contribution in [3.05, 3.63) is 23.8 Å². The lowest BCUT2D eigenvalue weighted by Gasteiger charge is -2.44. The molecular formula is C19H25N3O4S. The minimum Gasteiger partial charge on any atom is -0.496 e. The molecule has 3 amide bonds. The highest BCUT2D eigenvalue weighted by Crippen LogP contribution is 2.27. The summed E-state index contributed by atoms with van der Waals surface area (Å²) in [7, 11) is 1.54. The van der Waals surface area contributed by atoms with Gasteiger partial charge >= 0.3 is 0 Å². The lowest BCUT2D eigenvalue weighted by Crippen LogP contribution is -2.66. The maximum Gasteiger partial charge on any atom is 0.255 e. The van der Waals surface area contributed by atoms with Gasteiger partial charge in [-0.1, -0.05) is 6.92 Å². The maximum atomic E-state index is 12.7. The number of amides is 3. The van der Waals surface area contributed by atoms with Crippen LogP contribution in [-0.4, -0.2) is 60.7 Å². The Balaban J connectivity index is 1.69. The van der Waals surface area contributed by atoms with Gasteiger partial charge in [-0.2, -0.15) is 0 Å². The van der Waals surface area contributed by atoms with Gasteiger partial charge in [-0.05, 0) is 43.7 Å². The molecule has 3 rings (SSSR count). The van der Waals surface area contributed by atoms with Crippen molar-refractivity contribution in [2.75, 3.05) is 19.9 Å². The number of carbonyl (C=O) groups excluding carboxylic acids is 3. The monoisotopic (exact) mass is 391 g/mol. The number of hydrogen-bond donors (Lipinski definition) is 2. The normalized spacial score (nSPS) is 24.9. The van der Waals surface area contributed by atoms with Crippen LogP contribution in [0.1, 0.15) is 36.5 Å². The molecular weight excluding hydrogens is 366 g/mol. The van der Waals surface area contributed by atoms with E-state index in [-0.39, 0.29) is 23.8 Å². The number of thioether (sulfide) groups is 1. The Bertz CT molecular complexity index is 754. The lowest BCUT2D eigenvalue weighted by molar-refractivity contribution is -0.151. The maximum absolute atomic E-state index is 12.7. The molecule has 2 fully saturated rings. The Morgan fingerprint density at radius 3 is 2.85 bits per heavy atom. The summed E-state index contributed by atoms with van der Waals surface area (Å²) in [5, 5.41) is 5.78. The molecule has 0 bridgehead atoms. The van der Waals surface area contributed by atoms with Crippen molar-refractivity contribution in [1.29, 1.82) is 0 Å². The van der Waals surface area contributed by atoms with E-state index in [1.165, 1.54) is 7.11 Å². The van der Waals surface area contributed by atoms with Crippen LogP contribution in [0.4, 0.5) is 0 Å². The van der Waals surface area contributed by atoms with Crippen molar-refractivity contribution < 1.29 is 19.1 Å². The molecule has 0 spiro atoms. The number of ether oxygens (including phenoxy) is 1. The minimum absolute atomic E-state index is 0.0267. The molecule has 2 saturated heterocycles. The molecule has 3 atom stereocenters. The van der Waals surface area contributed by atoms with Gasteiger partial charge in [0.1, 0.15) is 17.8 Å². The van der Waals surface area contributed by atoms with Crippen LogP contribution < -0.4 is 15.4 Å². The molecule has 146 valence electrons. The predicted octanol–water partition coefficient (Wildman–Crippen LogP) is 1.41. The zero-order valence-electron chi connectivity index (χ0n) is 15.8. The van der Waals surface area contributed by atoms with E-state index in [4.69, 9.17) is 4.74 Å². The fraction of sp³-hybridized carbons (Fsp3) is 0.526. The van der Waals surface area contributed by atoms with E-state index < -0.39 is 12.1 Å². The second kappa shape index (κ2) is 8.21. The van der Waals surface area contributed by atoms with Crippen LogP contribution in [0.15, 0.2) is 23.1 Å². The molecule has 27 heavy (non-hydrogen) atoms. The number of nitrogens with one attached hydrogen (secondary N) is 2. The van der Waals surface area contributed by atoms with E-state index in [1.807, 2.05) is 25.3 Å². The van der Waals surface area contributed by atoms with Gasteiger partial charge in [-0.25, -0.2) is 0 Å². The molecule has 0 saturated carbocycles. The third kappa shape index (κ3) is 3.90. The topological polar surface area (TPSA) is 87.7 Å². The summed E-state index contributed by atoms with van der Waals surface area (Å²) in [6.07, 6.45) is 3.59. The summed E-state index contributed by atoms with van der Waals surface area (Å²) in [6.45, 7) is 2.35. The Morgan fingerprint density at radius 2 is 2.19 bits per heavy atom. The van der Waals surface area contributed by atoms with E-state index in [0.29, 0.717) is 37.1 Å². The number of hydrogen-bond acceptors (Lipinski definition) is 5. The molecule has 0 radical (unpaired) electrons. The van der Waals surface area contributed by atoms with Crippen LogP contribution in [0, 0.1) is 0 Å². The zero-order valence-corrected chi connectivity index (χ0v) is 16.6. The van der Waals surface area contributed by atoms with Gasteiger partial charge in [0.15, 0.2) is 0 Å². The number of nitrogens with zero attached hydrogens (tertiary/aromatic N) is 1. The third-order valence-electron chi connectivity index (χ3n) is 5.20. The van der Waals surface area contributed by atoms with E-state index in [9.17, 15) is 14.4 Å². The molecule has 2 aliphatic heterocycles. The van der Waals surface area contributed by atoms with Crippen molar-refractivity contribution in [1.82, 2.24) is 15.5 Å². The van der Waals surface area contributed by atoms with Crippen LogP contribution in [0.25, 0.3) is 0 Å². The number of piperazine rings is 1. The van der Waals surface area contributed by atoms with Gasteiger partial charge in [0.05, 0.1) is 12.7 Å². The van der Waals surface area contributed by atoms with E-state index >= 15 is 0 Å². The van der Waals surface area contributed by atoms with Gasteiger partial charge < -0.3 is 20.3 Å². The van der Waals surface area contributed by atoms with E-state index in [1.54, 1.807) is 22.7 Å². The highest BCUT2D eigenvalue weighted by Gasteiger charge is 2.43. The first-order valence-electron chi connectivity index (χ1n) is 9.12. The molecule has 0 aliphatic carbocycles. The Kier molecular flexibility index (Phi) is 5.94. The average molecular weight is 391 g/mol. The Hall–Kier alpha value is -2.22. The third-order valence-corrected chi connectivity index (χ3v) is 5.92. The van der Waals surface area contributed by atoms with Crippen molar-refractivity contribution in [3.8, 4) is 5.75 Å². The summed E-state index contributed by atoms with van der Waals surface area (Å²) in [5.74, 6) is 0.128. The SMILES string of the molecule is CC[C@@H]1NC(=O)[C@@H]2C[C@@H](NC(=O)c3ccc(SC)cc3OC)CCN2C1=O. The summed E-state index contributed by atoms with van der Waals surface area (Å²) >= 11 is 1.58. The molecule has 2 aliphatic rings. The first-order valence-corrected chi connectivity index (χ1v) is 10.3. The van der Waals surface area contributed by atoms with Crippen molar-refractivity contribution in [3.63, 3.8) is 0 Å². The molecule has 2 N–H and O–H groups in total. The van der Waals surface area contributed by atoms with Crippen LogP contribution in [-0.2, 0) is 9.59 Å². The van der Waals surface area contributed by atoms with Gasteiger partial charge in [-0.15, -0.1) is 11.8 Å². The molecule has 2 heterocycles. The molecule has 7 nitrogen and oxygen atoms in total. The molecule has 1 aromatic rings. The number of carbonyl (C=O) groups is 3. The quantitative estimate of drug-likeness (QED) is 0.741. The summed E-state index contributed by atoms with van der Waals surface area (Å²) < 4.78 is 5.35. The molecule has 1 aromatic carbocycles. The second-order valence-corrected chi connectivity index (χ2v) is 7.66. The lowest BCUT2D eigenvalue weighted by atomic mass is 9.92. The number of methoxy groups -OCH3 is 1. The van der Waals surface area contributed by atoms with Gasteiger partial charge in [0.25, 0.3) is 5.91 Å². The van der Waals surface area contributed by atoms with Crippen LogP contribution in [0.2, 0.25) is 0 Å². The highest BCUT2D eigenvalue weighted by molar-refractivity contribution is 7.98. The minimum atomic E-state index is -0.514. The zero-order chi connectivity index (χ0) is 19.6. The number of piperidine rings is 1. The number of fused-ring (bicyclic) bond motifs is 1. The fourth-order valence-corrected chi connectivity index (χ4v) is 4.09. The standard InChI is InChI=1S/C19H25N3O4S/c1-4-14-19(25)22-8-7-11(9-15(22)18(24)21-14)20-17(23)13-6-5-12(27-3)10-16(13)26-2/h5-6,10-11,14-15H,4,7-9H2,1-3H3,(H,20,23)(H,21,24)/t11-,14-,15-/m0/s1. The fourth-order valence-electron chi connectivity index (χ4n) is 3.66. The summed E-state index contributed by atoms with van der Waals surface area (Å²) in [5.41, 5.74) is 0.466. The first kappa shape index (κ1) is 19.5. The van der Waals surface area contributed by atoms with E-state index in [2.05, 4.69) is 10.6 Å². The summed E-state index contributed by atoms with van der Waals surface area (Å²) in [6, 6.07) is 4.35.